The lowest BCUT2D eigenvalue weighted by atomic mass is 9.97. The maximum atomic E-state index is 12.6. The van der Waals surface area contributed by atoms with E-state index in [1.807, 2.05) is 31.4 Å². The number of hydrogen-bond donors (Lipinski definition) is 2. The summed E-state index contributed by atoms with van der Waals surface area (Å²) in [6.45, 7) is 5.17. The predicted octanol–water partition coefficient (Wildman–Crippen LogP) is 2.09. The predicted molar refractivity (Wildman–Crippen MR) is 107 cm³/mol. The van der Waals surface area contributed by atoms with Crippen molar-refractivity contribution in [3.05, 3.63) is 51.7 Å². The molecule has 0 saturated carbocycles. The van der Waals surface area contributed by atoms with Crippen molar-refractivity contribution < 1.29 is 13.2 Å². The van der Waals surface area contributed by atoms with Gasteiger partial charge in [-0.05, 0) is 47.0 Å². The summed E-state index contributed by atoms with van der Waals surface area (Å²) in [6.07, 6.45) is 0.625. The summed E-state index contributed by atoms with van der Waals surface area (Å²) in [5.41, 5.74) is 7.93. The average molecular weight is 408 g/mol. The Morgan fingerprint density at radius 1 is 1.30 bits per heavy atom. The third-order valence-corrected chi connectivity index (χ3v) is 7.11. The summed E-state index contributed by atoms with van der Waals surface area (Å²) in [6, 6.07) is 8.41. The van der Waals surface area contributed by atoms with Gasteiger partial charge in [0, 0.05) is 24.5 Å². The Morgan fingerprint density at radius 2 is 2.07 bits per heavy atom. The molecule has 1 atom stereocenters. The van der Waals surface area contributed by atoms with E-state index in [0.29, 0.717) is 19.5 Å². The largest absolute Gasteiger partial charge is 0.337 e. The molecule has 27 heavy (non-hydrogen) atoms. The molecule has 1 unspecified atom stereocenters. The topological polar surface area (TPSA) is 92.5 Å². The van der Waals surface area contributed by atoms with Crippen LogP contribution in [0.15, 0.2) is 40.6 Å². The highest BCUT2D eigenvalue weighted by Crippen LogP contribution is 2.23. The molecule has 6 nitrogen and oxygen atoms in total. The fraction of sp³-hybridized carbons (Fsp3) is 0.421. The Hall–Kier alpha value is -1.74. The van der Waals surface area contributed by atoms with Gasteiger partial charge in [0.25, 0.3) is 0 Å². The zero-order valence-corrected chi connectivity index (χ0v) is 17.1. The number of benzene rings is 1. The molecule has 1 aliphatic heterocycles. The van der Waals surface area contributed by atoms with Crippen molar-refractivity contribution >= 4 is 27.3 Å². The van der Waals surface area contributed by atoms with Crippen molar-refractivity contribution in [1.29, 1.82) is 0 Å². The molecule has 3 N–H and O–H groups in total. The number of rotatable bonds is 6. The first-order chi connectivity index (χ1) is 12.8. The molecule has 1 aromatic carbocycles. The van der Waals surface area contributed by atoms with Crippen LogP contribution in [0.25, 0.3) is 0 Å². The molecule has 0 saturated heterocycles. The SMILES string of the molecule is CC(C)C(N)C(=O)N1CCc2cc(S(=O)(=O)NCc3cccs3)ccc2C1. The lowest BCUT2D eigenvalue weighted by molar-refractivity contribution is -0.134. The van der Waals surface area contributed by atoms with Gasteiger partial charge in [-0.2, -0.15) is 0 Å². The summed E-state index contributed by atoms with van der Waals surface area (Å²) >= 11 is 1.51. The first kappa shape index (κ1) is 20.0. The fourth-order valence-electron chi connectivity index (χ4n) is 3.04. The summed E-state index contributed by atoms with van der Waals surface area (Å²) in [7, 11) is -3.57. The molecule has 0 fully saturated rings. The smallest absolute Gasteiger partial charge is 0.240 e. The minimum absolute atomic E-state index is 0.0510. The van der Waals surface area contributed by atoms with E-state index in [0.717, 1.165) is 16.0 Å². The lowest BCUT2D eigenvalue weighted by Crippen LogP contribution is -2.48. The minimum atomic E-state index is -3.57. The summed E-state index contributed by atoms with van der Waals surface area (Å²) < 4.78 is 27.8. The van der Waals surface area contributed by atoms with Crippen LogP contribution < -0.4 is 10.5 Å². The fourth-order valence-corrected chi connectivity index (χ4v) is 4.84. The van der Waals surface area contributed by atoms with Crippen LogP contribution in [0.5, 0.6) is 0 Å². The third kappa shape index (κ3) is 4.57. The zero-order valence-electron chi connectivity index (χ0n) is 15.5. The lowest BCUT2D eigenvalue weighted by Gasteiger charge is -2.32. The number of nitrogens with two attached hydrogens (primary N) is 1. The average Bonchev–Trinajstić information content (AvgIpc) is 3.18. The van der Waals surface area contributed by atoms with Crippen LogP contribution in [-0.4, -0.2) is 31.8 Å². The van der Waals surface area contributed by atoms with Gasteiger partial charge < -0.3 is 10.6 Å². The number of nitrogens with one attached hydrogen (secondary N) is 1. The van der Waals surface area contributed by atoms with E-state index in [4.69, 9.17) is 5.73 Å². The molecule has 2 heterocycles. The maximum Gasteiger partial charge on any atom is 0.240 e. The summed E-state index contributed by atoms with van der Waals surface area (Å²) in [4.78, 5) is 15.5. The first-order valence-electron chi connectivity index (χ1n) is 8.96. The number of amides is 1. The minimum Gasteiger partial charge on any atom is -0.337 e. The highest BCUT2D eigenvalue weighted by Gasteiger charge is 2.27. The summed E-state index contributed by atoms with van der Waals surface area (Å²) in [5, 5.41) is 1.92. The molecule has 1 aliphatic rings. The molecule has 0 aliphatic carbocycles. The van der Waals surface area contributed by atoms with Crippen LogP contribution in [0, 0.1) is 5.92 Å². The molecule has 146 valence electrons. The highest BCUT2D eigenvalue weighted by molar-refractivity contribution is 7.89. The van der Waals surface area contributed by atoms with Gasteiger partial charge in [-0.15, -0.1) is 11.3 Å². The van der Waals surface area contributed by atoms with Crippen LogP contribution in [0.3, 0.4) is 0 Å². The molecule has 0 spiro atoms. The molecular weight excluding hydrogens is 382 g/mol. The Balaban J connectivity index is 1.72. The molecule has 8 heteroatoms. The van der Waals surface area contributed by atoms with Crippen LogP contribution in [0.1, 0.15) is 29.9 Å². The Kier molecular flexibility index (Phi) is 6.00. The van der Waals surface area contributed by atoms with Crippen molar-refractivity contribution in [3.63, 3.8) is 0 Å². The number of carbonyl (C=O) groups excluding carboxylic acids is 1. The number of hydrogen-bond acceptors (Lipinski definition) is 5. The number of nitrogens with zero attached hydrogens (tertiary/aromatic N) is 1. The van der Waals surface area contributed by atoms with Crippen molar-refractivity contribution in [2.75, 3.05) is 6.54 Å². The van der Waals surface area contributed by atoms with E-state index >= 15 is 0 Å². The normalized spacial score (nSPS) is 15.6. The van der Waals surface area contributed by atoms with Gasteiger partial charge in [0.1, 0.15) is 0 Å². The second-order valence-corrected chi connectivity index (χ2v) is 9.91. The van der Waals surface area contributed by atoms with Gasteiger partial charge in [-0.1, -0.05) is 26.0 Å². The second-order valence-electron chi connectivity index (χ2n) is 7.11. The zero-order chi connectivity index (χ0) is 19.6. The van der Waals surface area contributed by atoms with E-state index in [9.17, 15) is 13.2 Å². The summed E-state index contributed by atoms with van der Waals surface area (Å²) in [5.74, 6) is 0.0331. The Labute approximate surface area is 164 Å². The first-order valence-corrected chi connectivity index (χ1v) is 11.3. The maximum absolute atomic E-state index is 12.6. The number of carbonyl (C=O) groups is 1. The molecule has 3 rings (SSSR count). The Bertz CT molecular complexity index is 908. The van der Waals surface area contributed by atoms with Gasteiger partial charge in [-0.25, -0.2) is 13.1 Å². The van der Waals surface area contributed by atoms with E-state index in [1.54, 1.807) is 23.1 Å². The van der Waals surface area contributed by atoms with Crippen molar-refractivity contribution in [2.45, 2.75) is 44.3 Å². The standard InChI is InChI=1S/C19H25N3O3S2/c1-13(2)18(20)19(23)22-8-7-14-10-17(6-5-15(14)12-22)27(24,25)21-11-16-4-3-9-26-16/h3-6,9-10,13,18,21H,7-8,11-12,20H2,1-2H3. The van der Waals surface area contributed by atoms with E-state index in [-0.39, 0.29) is 23.3 Å². The van der Waals surface area contributed by atoms with Crippen LogP contribution in [0.4, 0.5) is 0 Å². The van der Waals surface area contributed by atoms with Gasteiger partial charge in [0.05, 0.1) is 10.9 Å². The van der Waals surface area contributed by atoms with E-state index < -0.39 is 16.1 Å². The van der Waals surface area contributed by atoms with E-state index in [1.165, 1.54) is 11.3 Å². The number of sulfonamides is 1. The molecule has 1 amide bonds. The van der Waals surface area contributed by atoms with E-state index in [2.05, 4.69) is 4.72 Å². The molecule has 1 aromatic heterocycles. The van der Waals surface area contributed by atoms with Gasteiger partial charge in [0.2, 0.25) is 15.9 Å². The van der Waals surface area contributed by atoms with Crippen molar-refractivity contribution in [3.8, 4) is 0 Å². The highest BCUT2D eigenvalue weighted by atomic mass is 32.2. The Morgan fingerprint density at radius 3 is 2.74 bits per heavy atom. The van der Waals surface area contributed by atoms with Crippen LogP contribution in [0.2, 0.25) is 0 Å². The van der Waals surface area contributed by atoms with Gasteiger partial charge >= 0.3 is 0 Å². The quantitative estimate of drug-likeness (QED) is 0.767. The third-order valence-electron chi connectivity index (χ3n) is 4.83. The molecule has 2 aromatic rings. The van der Waals surface area contributed by atoms with Crippen LogP contribution in [-0.2, 0) is 34.3 Å². The monoisotopic (exact) mass is 407 g/mol. The van der Waals surface area contributed by atoms with Crippen LogP contribution >= 0.6 is 11.3 Å². The van der Waals surface area contributed by atoms with Crippen molar-refractivity contribution in [2.24, 2.45) is 11.7 Å². The molecular formula is C19H25N3O3S2. The van der Waals surface area contributed by atoms with Crippen molar-refractivity contribution in [1.82, 2.24) is 9.62 Å². The van der Waals surface area contributed by atoms with Gasteiger partial charge in [0.15, 0.2) is 0 Å². The second kappa shape index (κ2) is 8.10. The number of fused-ring (bicyclic) bond motifs is 1. The molecule has 0 bridgehead atoms. The molecule has 0 radical (unpaired) electrons. The number of thiophene rings is 1. The van der Waals surface area contributed by atoms with Gasteiger partial charge in [-0.3, -0.25) is 4.79 Å².